The Kier molecular flexibility index (Phi) is 15.3. The van der Waals surface area contributed by atoms with Gasteiger partial charge < -0.3 is 37.9 Å². The third-order valence-corrected chi connectivity index (χ3v) is 11.1. The largest absolute Gasteiger partial charge is 0.462 e. The minimum atomic E-state index is -0.0664. The molecule has 2 saturated heterocycles. The summed E-state index contributed by atoms with van der Waals surface area (Å²) in [5.41, 5.74) is 0.144. The van der Waals surface area contributed by atoms with E-state index in [0.29, 0.717) is 0 Å². The van der Waals surface area contributed by atoms with E-state index in [9.17, 15) is 9.59 Å². The van der Waals surface area contributed by atoms with Crippen molar-refractivity contribution >= 4 is 11.9 Å². The Hall–Kier alpha value is -1.30. The van der Waals surface area contributed by atoms with Crippen molar-refractivity contribution < 1.29 is 47.5 Å². The van der Waals surface area contributed by atoms with Crippen LogP contribution in [0.3, 0.4) is 0 Å². The molecule has 0 aromatic rings. The minimum Gasteiger partial charge on any atom is -0.462 e. The van der Waals surface area contributed by atoms with Gasteiger partial charge in [-0.25, -0.2) is 0 Å². The van der Waals surface area contributed by atoms with Crippen LogP contribution in [0.5, 0.6) is 0 Å². The number of carbonyl (C=O) groups is 2. The first-order valence-corrected chi connectivity index (χ1v) is 19.4. The Morgan fingerprint density at radius 2 is 0.833 bits per heavy atom. The van der Waals surface area contributed by atoms with Crippen LogP contribution in [0.2, 0.25) is 0 Å². The number of rotatable bonds is 22. The summed E-state index contributed by atoms with van der Waals surface area (Å²) in [7, 11) is 0. The number of hydrogen-bond acceptors (Lipinski definition) is 10. The van der Waals surface area contributed by atoms with Crippen LogP contribution < -0.4 is 0 Å². The van der Waals surface area contributed by atoms with E-state index < -0.39 is 0 Å². The van der Waals surface area contributed by atoms with Crippen molar-refractivity contribution in [3.05, 3.63) is 0 Å². The van der Waals surface area contributed by atoms with E-state index in [1.54, 1.807) is 0 Å². The lowest BCUT2D eigenvalue weighted by Gasteiger charge is -2.32. The predicted molar refractivity (Wildman–Crippen MR) is 180 cm³/mol. The number of ether oxygens (including phenoxy) is 8. The summed E-state index contributed by atoms with van der Waals surface area (Å²) in [5, 5.41) is 0. The zero-order chi connectivity index (χ0) is 33.7. The Bertz CT molecular complexity index is 865. The predicted octanol–water partition coefficient (Wildman–Crippen LogP) is 6.49. The van der Waals surface area contributed by atoms with Crippen LogP contribution in [0.15, 0.2) is 0 Å². The number of hydrogen-bond donors (Lipinski definition) is 0. The number of epoxide rings is 2. The van der Waals surface area contributed by atoms with Gasteiger partial charge in [-0.3, -0.25) is 9.59 Å². The molecule has 5 fully saturated rings. The molecule has 5 rings (SSSR count). The Balaban J connectivity index is 0.823. The van der Waals surface area contributed by atoms with E-state index in [1.807, 2.05) is 0 Å². The highest BCUT2D eigenvalue weighted by atomic mass is 16.6. The lowest BCUT2D eigenvalue weighted by Crippen LogP contribution is -2.35. The second kappa shape index (κ2) is 19.3. The fraction of sp³-hybridized carbons (Fsp3) is 0.947. The zero-order valence-electron chi connectivity index (χ0n) is 29.9. The molecule has 0 spiro atoms. The minimum absolute atomic E-state index is 0.0272. The topological polar surface area (TPSA) is 115 Å². The Labute approximate surface area is 288 Å². The summed E-state index contributed by atoms with van der Waals surface area (Å²) in [5.74, 6) is -0.170. The molecule has 0 aromatic heterocycles. The van der Waals surface area contributed by atoms with Crippen LogP contribution in [-0.4, -0.2) is 100 Å². The summed E-state index contributed by atoms with van der Waals surface area (Å²) >= 11 is 0. The molecule has 48 heavy (non-hydrogen) atoms. The van der Waals surface area contributed by atoms with Gasteiger partial charge in [-0.05, 0) is 117 Å². The van der Waals surface area contributed by atoms with Gasteiger partial charge in [-0.15, -0.1) is 0 Å². The molecule has 3 saturated carbocycles. The first-order chi connectivity index (χ1) is 23.3. The monoisotopic (exact) mass is 680 g/mol. The highest BCUT2D eigenvalue weighted by Crippen LogP contribution is 2.33. The average molecular weight is 681 g/mol. The molecule has 0 bridgehead atoms. The molecule has 2 heterocycles. The summed E-state index contributed by atoms with van der Waals surface area (Å²) in [6.07, 6.45) is 16.3. The summed E-state index contributed by atoms with van der Waals surface area (Å²) in [4.78, 5) is 25.8. The molecule has 10 heteroatoms. The molecule has 0 radical (unpaired) electrons. The fourth-order valence-electron chi connectivity index (χ4n) is 7.15. The van der Waals surface area contributed by atoms with Gasteiger partial charge in [0.05, 0.1) is 48.5 Å². The fourth-order valence-corrected chi connectivity index (χ4v) is 7.15. The maximum absolute atomic E-state index is 12.9. The lowest BCUT2D eigenvalue weighted by atomic mass is 9.87. The van der Waals surface area contributed by atoms with E-state index in [1.165, 1.54) is 0 Å². The van der Waals surface area contributed by atoms with Gasteiger partial charge in [0.15, 0.2) is 0 Å². The van der Waals surface area contributed by atoms with Crippen LogP contribution in [-0.2, 0) is 47.5 Å². The van der Waals surface area contributed by atoms with E-state index in [4.69, 9.17) is 37.9 Å². The number of unbranched alkanes of at least 4 members (excludes halogenated alkanes) is 2. The van der Waals surface area contributed by atoms with Crippen molar-refractivity contribution in [2.24, 2.45) is 11.8 Å². The van der Waals surface area contributed by atoms with Gasteiger partial charge >= 0.3 is 11.9 Å². The normalized spacial score (nSPS) is 34.8. The van der Waals surface area contributed by atoms with Gasteiger partial charge in [0.1, 0.15) is 12.2 Å². The van der Waals surface area contributed by atoms with Gasteiger partial charge in [0, 0.05) is 52.5 Å². The van der Waals surface area contributed by atoms with Crippen molar-refractivity contribution in [3.63, 3.8) is 0 Å². The zero-order valence-corrected chi connectivity index (χ0v) is 29.9. The van der Waals surface area contributed by atoms with Gasteiger partial charge in [0.2, 0.25) is 0 Å². The Morgan fingerprint density at radius 3 is 1.19 bits per heavy atom. The maximum atomic E-state index is 12.9. The van der Waals surface area contributed by atoms with Crippen molar-refractivity contribution in [2.75, 3.05) is 52.9 Å². The van der Waals surface area contributed by atoms with Gasteiger partial charge in [0.25, 0.3) is 0 Å². The first kappa shape index (κ1) is 37.9. The second-order valence-corrected chi connectivity index (χ2v) is 15.6. The van der Waals surface area contributed by atoms with Crippen molar-refractivity contribution in [3.8, 4) is 0 Å². The maximum Gasteiger partial charge on any atom is 0.309 e. The van der Waals surface area contributed by atoms with Crippen molar-refractivity contribution in [1.82, 2.24) is 0 Å². The molecule has 3 aliphatic carbocycles. The van der Waals surface area contributed by atoms with Crippen LogP contribution in [0, 0.1) is 11.8 Å². The standard InChI is InChI=1S/C38H64O10/c1-37(27-45-37)19-25-41-21-3-5-23-43-31-11-7-29(8-12-31)35(39)47-33-15-17-34(18-16-33)48-36(40)30-9-13-32(14-10-30)44-24-6-4-22-42-26-20-38(2)28-46-38/h29-34H,3-28H2,1-2H3. The smallest absolute Gasteiger partial charge is 0.309 e. The lowest BCUT2D eigenvalue weighted by molar-refractivity contribution is -0.165. The third kappa shape index (κ3) is 13.8. The summed E-state index contributed by atoms with van der Waals surface area (Å²) in [6.45, 7) is 10.5. The van der Waals surface area contributed by atoms with Crippen molar-refractivity contribution in [2.45, 2.75) is 165 Å². The highest BCUT2D eigenvalue weighted by Gasteiger charge is 2.39. The highest BCUT2D eigenvalue weighted by molar-refractivity contribution is 5.73. The quantitative estimate of drug-likeness (QED) is 0.0715. The van der Waals surface area contributed by atoms with E-state index >= 15 is 0 Å². The summed E-state index contributed by atoms with van der Waals surface area (Å²) in [6, 6.07) is 0. The molecule has 10 nitrogen and oxygen atoms in total. The molecule has 5 aliphatic rings. The van der Waals surface area contributed by atoms with Gasteiger partial charge in [-0.2, -0.15) is 0 Å². The SMILES string of the molecule is CC1(CCOCCCCOC2CCC(C(=O)OC3CCC(OC(=O)C4CCC(OCCCCOCCC5(C)CO5)CC4)CC3)CC2)CO1. The first-order valence-electron chi connectivity index (χ1n) is 19.4. The van der Waals surface area contributed by atoms with E-state index in [2.05, 4.69) is 13.8 Å². The van der Waals surface area contributed by atoms with Crippen LogP contribution in [0.1, 0.15) is 129 Å². The number of esters is 2. The molecule has 0 amide bonds. The van der Waals surface area contributed by atoms with Crippen LogP contribution in [0.25, 0.3) is 0 Å². The number of carbonyl (C=O) groups excluding carboxylic acids is 2. The van der Waals surface area contributed by atoms with E-state index in [-0.39, 0.29) is 59.4 Å². The molecule has 2 atom stereocenters. The van der Waals surface area contributed by atoms with Crippen LogP contribution in [0.4, 0.5) is 0 Å². The molecule has 0 N–H and O–H groups in total. The molecular formula is C38H64O10. The average Bonchev–Trinajstić information content (AvgIpc) is 4.02. The third-order valence-electron chi connectivity index (χ3n) is 11.1. The summed E-state index contributed by atoms with van der Waals surface area (Å²) < 4.78 is 46.2. The molecule has 2 unspecified atom stereocenters. The molecular weight excluding hydrogens is 616 g/mol. The van der Waals surface area contributed by atoms with Gasteiger partial charge in [-0.1, -0.05) is 0 Å². The van der Waals surface area contributed by atoms with E-state index in [0.717, 1.165) is 168 Å². The van der Waals surface area contributed by atoms with Crippen molar-refractivity contribution in [1.29, 1.82) is 0 Å². The molecule has 0 aromatic carbocycles. The molecule has 2 aliphatic heterocycles. The molecule has 276 valence electrons. The van der Waals surface area contributed by atoms with Crippen LogP contribution >= 0.6 is 0 Å². The Morgan fingerprint density at radius 1 is 0.500 bits per heavy atom. The second-order valence-electron chi connectivity index (χ2n) is 15.6.